The molecule has 6 nitrogen and oxygen atoms in total. The molecule has 4 rings (SSSR count). The maximum absolute atomic E-state index is 12.4. The van der Waals surface area contributed by atoms with E-state index < -0.39 is 4.92 Å². The van der Waals surface area contributed by atoms with Crippen LogP contribution in [0, 0.1) is 16.0 Å². The lowest BCUT2D eigenvalue weighted by Crippen LogP contribution is -2.65. The summed E-state index contributed by atoms with van der Waals surface area (Å²) in [4.78, 5) is 22.6. The highest BCUT2D eigenvalue weighted by Crippen LogP contribution is 2.34. The van der Waals surface area contributed by atoms with Gasteiger partial charge < -0.3 is 9.59 Å². The van der Waals surface area contributed by atoms with Gasteiger partial charge in [0.1, 0.15) is 19.2 Å². The molecule has 0 aliphatic carbocycles. The fourth-order valence-corrected chi connectivity index (χ4v) is 3.64. The molecule has 3 fully saturated rings. The van der Waals surface area contributed by atoms with E-state index in [1.54, 1.807) is 0 Å². The Morgan fingerprint density at radius 3 is 2.43 bits per heavy atom. The molecule has 0 amide bonds. The highest BCUT2D eigenvalue weighted by Gasteiger charge is 2.46. The van der Waals surface area contributed by atoms with E-state index in [-0.39, 0.29) is 17.6 Å². The van der Waals surface area contributed by atoms with Crippen LogP contribution in [0.15, 0.2) is 24.3 Å². The number of non-ortho nitro benzene ring substituents is 1. The number of nitro benzene ring substituents is 1. The molecule has 0 spiro atoms. The molecule has 0 saturated carbocycles. The zero-order valence-corrected chi connectivity index (χ0v) is 11.8. The molecule has 3 saturated heterocycles. The first-order valence-corrected chi connectivity index (χ1v) is 7.30. The summed E-state index contributed by atoms with van der Waals surface area (Å²) in [5, 5.41) is 20.7. The van der Waals surface area contributed by atoms with Crippen molar-refractivity contribution in [2.45, 2.75) is 18.9 Å². The lowest BCUT2D eigenvalue weighted by Gasteiger charge is -2.50. The number of hydrogen-bond acceptors (Lipinski definition) is 4. The minimum absolute atomic E-state index is 0.00236. The first-order valence-electron chi connectivity index (χ1n) is 7.30. The molecular formula is C15H19N2O4+. The van der Waals surface area contributed by atoms with Crippen LogP contribution >= 0.6 is 0 Å². The first-order chi connectivity index (χ1) is 9.99. The zero-order chi connectivity index (χ0) is 15.0. The van der Waals surface area contributed by atoms with Crippen LogP contribution in [0.2, 0.25) is 0 Å². The van der Waals surface area contributed by atoms with Gasteiger partial charge in [0.15, 0.2) is 0 Å². The zero-order valence-electron chi connectivity index (χ0n) is 11.8. The molecular weight excluding hydrogens is 272 g/mol. The molecule has 1 aromatic carbocycles. The molecule has 2 bridgehead atoms. The van der Waals surface area contributed by atoms with Gasteiger partial charge in [0.05, 0.1) is 18.0 Å². The van der Waals surface area contributed by atoms with Crippen LogP contribution in [-0.2, 0) is 0 Å². The number of aliphatic hydroxyl groups is 1. The summed E-state index contributed by atoms with van der Waals surface area (Å²) in [5.41, 5.74) is 0.503. The predicted molar refractivity (Wildman–Crippen MR) is 75.9 cm³/mol. The summed E-state index contributed by atoms with van der Waals surface area (Å²) in [5.74, 6) is 0.400. The first kappa shape index (κ1) is 14.2. The van der Waals surface area contributed by atoms with Gasteiger partial charge in [-0.3, -0.25) is 14.9 Å². The molecule has 1 aromatic rings. The van der Waals surface area contributed by atoms with E-state index in [9.17, 15) is 20.0 Å². The molecule has 6 heteroatoms. The summed E-state index contributed by atoms with van der Waals surface area (Å²) >= 11 is 0. The number of fused-ring (bicyclic) bond motifs is 3. The van der Waals surface area contributed by atoms with E-state index in [0.29, 0.717) is 29.1 Å². The fourth-order valence-electron chi connectivity index (χ4n) is 3.64. The molecule has 3 aliphatic rings. The number of piperidine rings is 3. The maximum atomic E-state index is 12.4. The predicted octanol–water partition coefficient (Wildman–Crippen LogP) is 1.38. The lowest BCUT2D eigenvalue weighted by atomic mass is 9.83. The van der Waals surface area contributed by atoms with Gasteiger partial charge in [0.2, 0.25) is 5.78 Å². The minimum atomic E-state index is -0.470. The van der Waals surface area contributed by atoms with Crippen LogP contribution in [0.1, 0.15) is 23.2 Å². The Morgan fingerprint density at radius 1 is 1.29 bits per heavy atom. The number of nitrogens with zero attached hydrogens (tertiary/aromatic N) is 2. The van der Waals surface area contributed by atoms with Crippen molar-refractivity contribution in [3.8, 4) is 0 Å². The molecule has 1 atom stereocenters. The van der Waals surface area contributed by atoms with E-state index in [0.717, 1.165) is 25.9 Å². The second-order valence-corrected chi connectivity index (χ2v) is 6.26. The van der Waals surface area contributed by atoms with Gasteiger partial charge in [0.25, 0.3) is 5.69 Å². The smallest absolute Gasteiger partial charge is 0.269 e. The third-order valence-corrected chi connectivity index (χ3v) is 4.95. The van der Waals surface area contributed by atoms with Crippen LogP contribution in [-0.4, -0.2) is 52.6 Å². The number of ketones is 1. The molecule has 0 radical (unpaired) electrons. The number of carbonyl (C=O) groups excluding carboxylic acids is 1. The Bertz CT molecular complexity index is 562. The monoisotopic (exact) mass is 291 g/mol. The Hall–Kier alpha value is -1.79. The topological polar surface area (TPSA) is 80.4 Å². The molecule has 3 heterocycles. The van der Waals surface area contributed by atoms with Crippen LogP contribution in [0.5, 0.6) is 0 Å². The van der Waals surface area contributed by atoms with Crippen molar-refractivity contribution in [3.05, 3.63) is 39.9 Å². The number of nitro groups is 1. The Balaban J connectivity index is 1.72. The van der Waals surface area contributed by atoms with Crippen LogP contribution in [0.25, 0.3) is 0 Å². The van der Waals surface area contributed by atoms with Gasteiger partial charge in [-0.25, -0.2) is 0 Å². The van der Waals surface area contributed by atoms with Crippen molar-refractivity contribution in [2.24, 2.45) is 5.92 Å². The largest absolute Gasteiger partial charge is 0.387 e. The lowest BCUT2D eigenvalue weighted by molar-refractivity contribution is -0.938. The van der Waals surface area contributed by atoms with Crippen molar-refractivity contribution in [1.29, 1.82) is 0 Å². The van der Waals surface area contributed by atoms with E-state index in [1.165, 1.54) is 24.3 Å². The van der Waals surface area contributed by atoms with Gasteiger partial charge >= 0.3 is 0 Å². The quantitative estimate of drug-likeness (QED) is 0.393. The van der Waals surface area contributed by atoms with Gasteiger partial charge in [-0.05, 0) is 12.1 Å². The number of benzene rings is 1. The molecule has 1 N–H and O–H groups in total. The van der Waals surface area contributed by atoms with Gasteiger partial charge in [-0.2, -0.15) is 0 Å². The highest BCUT2D eigenvalue weighted by atomic mass is 16.6. The minimum Gasteiger partial charge on any atom is -0.387 e. The normalized spacial score (nSPS) is 31.1. The van der Waals surface area contributed by atoms with Crippen molar-refractivity contribution in [1.82, 2.24) is 0 Å². The van der Waals surface area contributed by atoms with Gasteiger partial charge in [-0.15, -0.1) is 0 Å². The van der Waals surface area contributed by atoms with Crippen LogP contribution < -0.4 is 0 Å². The molecule has 0 aromatic heterocycles. The summed E-state index contributed by atoms with van der Waals surface area (Å²) in [6, 6.07) is 5.77. The Morgan fingerprint density at radius 2 is 1.90 bits per heavy atom. The second kappa shape index (κ2) is 5.20. The highest BCUT2D eigenvalue weighted by molar-refractivity contribution is 5.97. The average Bonchev–Trinajstić information content (AvgIpc) is 2.47. The number of hydrogen-bond donors (Lipinski definition) is 1. The van der Waals surface area contributed by atoms with Crippen molar-refractivity contribution in [3.63, 3.8) is 0 Å². The van der Waals surface area contributed by atoms with E-state index in [1.807, 2.05) is 0 Å². The average molecular weight is 291 g/mol. The van der Waals surface area contributed by atoms with Crippen molar-refractivity contribution < 1.29 is 19.3 Å². The third-order valence-electron chi connectivity index (χ3n) is 4.95. The summed E-state index contributed by atoms with van der Waals surface area (Å²) < 4.78 is 0.660. The van der Waals surface area contributed by atoms with E-state index >= 15 is 0 Å². The summed E-state index contributed by atoms with van der Waals surface area (Å²) in [6.07, 6.45) is 1.67. The molecule has 3 aliphatic heterocycles. The van der Waals surface area contributed by atoms with Gasteiger partial charge in [-0.1, -0.05) is 0 Å². The maximum Gasteiger partial charge on any atom is 0.269 e. The number of rotatable bonds is 4. The summed E-state index contributed by atoms with van der Waals surface area (Å²) in [6.45, 7) is 2.92. The molecule has 21 heavy (non-hydrogen) atoms. The molecule has 112 valence electrons. The van der Waals surface area contributed by atoms with Crippen molar-refractivity contribution >= 4 is 11.5 Å². The summed E-state index contributed by atoms with van der Waals surface area (Å²) in [7, 11) is 0. The fraction of sp³-hybridized carbons (Fsp3) is 0.533. The van der Waals surface area contributed by atoms with Crippen LogP contribution in [0.4, 0.5) is 5.69 Å². The molecule has 0 unspecified atom stereocenters. The van der Waals surface area contributed by atoms with E-state index in [4.69, 9.17) is 0 Å². The number of aliphatic hydroxyl groups excluding tert-OH is 1. The SMILES string of the molecule is O=C(C[N+]12CCC(CC1)[C@@H](O)C2)c1ccc([N+](=O)[O-])cc1. The Labute approximate surface area is 122 Å². The number of Topliss-reactive ketones (excluding diaryl/α,β-unsaturated/α-hetero) is 1. The third kappa shape index (κ3) is 2.69. The second-order valence-electron chi connectivity index (χ2n) is 6.26. The van der Waals surface area contributed by atoms with Gasteiger partial charge in [0, 0.05) is 36.5 Å². The number of quaternary nitrogens is 1. The van der Waals surface area contributed by atoms with E-state index in [2.05, 4.69) is 0 Å². The van der Waals surface area contributed by atoms with Crippen LogP contribution in [0.3, 0.4) is 0 Å². The number of carbonyl (C=O) groups is 1. The Kier molecular flexibility index (Phi) is 3.51. The van der Waals surface area contributed by atoms with Crippen molar-refractivity contribution in [2.75, 3.05) is 26.2 Å². The standard InChI is InChI=1S/C15H19N2O4/c18-14(11-1-3-13(4-2-11)16(20)21)9-17-7-5-12(6-8-17)15(19)10-17/h1-4,12,15,19H,5-10H2/q+1/t12?,15-,17?/m0/s1.